The summed E-state index contributed by atoms with van der Waals surface area (Å²) in [6, 6.07) is -0.759. The quantitative estimate of drug-likeness (QED) is 0.814. The molecule has 1 N–H and O–H groups in total. The molecule has 2 saturated heterocycles. The van der Waals surface area contributed by atoms with E-state index in [-0.39, 0.29) is 30.7 Å². The maximum absolute atomic E-state index is 13.3. The maximum atomic E-state index is 13.3. The van der Waals surface area contributed by atoms with Crippen LogP contribution in [0, 0.1) is 0 Å². The molecule has 0 bridgehead atoms. The maximum Gasteiger partial charge on any atom is 0.262 e. The van der Waals surface area contributed by atoms with Gasteiger partial charge in [0, 0.05) is 50.6 Å². The summed E-state index contributed by atoms with van der Waals surface area (Å²) >= 11 is 1.37. The van der Waals surface area contributed by atoms with Crippen molar-refractivity contribution in [2.75, 3.05) is 37.6 Å². The summed E-state index contributed by atoms with van der Waals surface area (Å²) in [5.41, 5.74) is 0. The van der Waals surface area contributed by atoms with Crippen LogP contribution in [0.25, 0.3) is 0 Å². The normalized spacial score (nSPS) is 22.8. The van der Waals surface area contributed by atoms with E-state index in [1.807, 2.05) is 6.92 Å². The molecule has 0 saturated carbocycles. The zero-order chi connectivity index (χ0) is 16.4. The third kappa shape index (κ3) is 5.35. The van der Waals surface area contributed by atoms with Crippen LogP contribution in [0.1, 0.15) is 25.6 Å². The van der Waals surface area contributed by atoms with E-state index >= 15 is 0 Å². The summed E-state index contributed by atoms with van der Waals surface area (Å²) in [5, 5.41) is 3.52. The SMILES string of the molecule is CCc1nsc(N2CCCN(C(=O)C3CC(F)(F)CN3)CC2)n1.Cl.Cl. The second-order valence-electron chi connectivity index (χ2n) is 6.01. The molecule has 1 aromatic heterocycles. The average molecular weight is 418 g/mol. The fourth-order valence-electron chi connectivity index (χ4n) is 2.96. The van der Waals surface area contributed by atoms with Crippen molar-refractivity contribution in [1.82, 2.24) is 19.6 Å². The van der Waals surface area contributed by atoms with Crippen molar-refractivity contribution in [3.63, 3.8) is 0 Å². The Bertz CT molecular complexity index is 577. The summed E-state index contributed by atoms with van der Waals surface area (Å²) < 4.78 is 30.8. The van der Waals surface area contributed by atoms with E-state index < -0.39 is 24.9 Å². The Hall–Kier alpha value is -0.770. The molecular formula is C14H23Cl2F2N5OS. The number of nitrogens with zero attached hydrogens (tertiary/aromatic N) is 4. The molecule has 2 fully saturated rings. The van der Waals surface area contributed by atoms with Crippen molar-refractivity contribution in [3.8, 4) is 0 Å². The van der Waals surface area contributed by atoms with E-state index in [1.54, 1.807) is 4.90 Å². The molecule has 25 heavy (non-hydrogen) atoms. The molecule has 2 aliphatic rings. The van der Waals surface area contributed by atoms with Gasteiger partial charge >= 0.3 is 0 Å². The highest BCUT2D eigenvalue weighted by atomic mass is 35.5. The summed E-state index contributed by atoms with van der Waals surface area (Å²) in [6.45, 7) is 4.19. The van der Waals surface area contributed by atoms with E-state index in [0.29, 0.717) is 19.6 Å². The van der Waals surface area contributed by atoms with Crippen LogP contribution in [0.5, 0.6) is 0 Å². The lowest BCUT2D eigenvalue weighted by Crippen LogP contribution is -2.45. The van der Waals surface area contributed by atoms with Gasteiger partial charge in [0.15, 0.2) is 0 Å². The number of carbonyl (C=O) groups is 1. The lowest BCUT2D eigenvalue weighted by molar-refractivity contribution is -0.133. The topological polar surface area (TPSA) is 61.4 Å². The third-order valence-corrected chi connectivity index (χ3v) is 5.07. The molecular weight excluding hydrogens is 395 g/mol. The number of aromatic nitrogens is 2. The molecule has 144 valence electrons. The molecule has 0 aromatic carbocycles. The van der Waals surface area contributed by atoms with Gasteiger partial charge in [-0.1, -0.05) is 6.92 Å². The molecule has 11 heteroatoms. The minimum absolute atomic E-state index is 0. The van der Waals surface area contributed by atoms with Crippen LogP contribution >= 0.6 is 36.3 Å². The molecule has 3 heterocycles. The van der Waals surface area contributed by atoms with Gasteiger partial charge < -0.3 is 9.80 Å². The van der Waals surface area contributed by atoms with Gasteiger partial charge in [-0.05, 0) is 6.42 Å². The number of halogens is 4. The minimum atomic E-state index is -2.78. The van der Waals surface area contributed by atoms with Crippen molar-refractivity contribution in [3.05, 3.63) is 5.82 Å². The van der Waals surface area contributed by atoms with Gasteiger partial charge in [-0.3, -0.25) is 10.1 Å². The highest BCUT2D eigenvalue weighted by Gasteiger charge is 2.43. The summed E-state index contributed by atoms with van der Waals surface area (Å²) in [5.74, 6) is -2.16. The van der Waals surface area contributed by atoms with E-state index in [1.165, 1.54) is 11.5 Å². The van der Waals surface area contributed by atoms with Crippen LogP contribution in [-0.4, -0.2) is 64.9 Å². The van der Waals surface area contributed by atoms with Gasteiger partial charge in [-0.25, -0.2) is 13.8 Å². The highest BCUT2D eigenvalue weighted by Crippen LogP contribution is 2.26. The van der Waals surface area contributed by atoms with Crippen molar-refractivity contribution in [2.45, 2.75) is 38.2 Å². The van der Waals surface area contributed by atoms with E-state index in [4.69, 9.17) is 0 Å². The lowest BCUT2D eigenvalue weighted by Gasteiger charge is -2.24. The average Bonchev–Trinajstić information content (AvgIpc) is 3.06. The van der Waals surface area contributed by atoms with Gasteiger partial charge in [0.2, 0.25) is 11.0 Å². The van der Waals surface area contributed by atoms with E-state index in [0.717, 1.165) is 30.3 Å². The van der Waals surface area contributed by atoms with Gasteiger partial charge in [0.1, 0.15) is 5.82 Å². The number of hydrogen-bond donors (Lipinski definition) is 1. The standard InChI is InChI=1S/C14H21F2N5OS.2ClH/c1-2-11-18-13(23-19-11)21-5-3-4-20(6-7-21)12(22)10-8-14(15,16)9-17-10;;/h10,17H,2-9H2,1H3;2*1H. The van der Waals surface area contributed by atoms with Gasteiger partial charge in [0.25, 0.3) is 5.92 Å². The molecule has 0 aliphatic carbocycles. The zero-order valence-electron chi connectivity index (χ0n) is 13.9. The molecule has 1 amide bonds. The molecule has 1 unspecified atom stereocenters. The van der Waals surface area contributed by atoms with Gasteiger partial charge in [-0.2, -0.15) is 4.37 Å². The van der Waals surface area contributed by atoms with Crippen LogP contribution in [0.2, 0.25) is 0 Å². The predicted molar refractivity (Wildman–Crippen MR) is 98.5 cm³/mol. The zero-order valence-corrected chi connectivity index (χ0v) is 16.4. The van der Waals surface area contributed by atoms with Gasteiger partial charge in [-0.15, -0.1) is 24.8 Å². The van der Waals surface area contributed by atoms with Crippen LogP contribution < -0.4 is 10.2 Å². The fraction of sp³-hybridized carbons (Fsp3) is 0.786. The van der Waals surface area contributed by atoms with Crippen molar-refractivity contribution < 1.29 is 13.6 Å². The first kappa shape index (κ1) is 22.3. The summed E-state index contributed by atoms with van der Waals surface area (Å²) in [6.07, 6.45) is 1.20. The van der Waals surface area contributed by atoms with Crippen molar-refractivity contribution in [2.24, 2.45) is 0 Å². The second-order valence-corrected chi connectivity index (χ2v) is 6.74. The Morgan fingerprint density at radius 1 is 1.32 bits per heavy atom. The Kier molecular flexibility index (Phi) is 8.24. The Morgan fingerprint density at radius 3 is 2.68 bits per heavy atom. The first-order chi connectivity index (χ1) is 11.0. The second kappa shape index (κ2) is 9.25. The number of rotatable bonds is 3. The van der Waals surface area contributed by atoms with Crippen LogP contribution in [-0.2, 0) is 11.2 Å². The Labute approximate surface area is 162 Å². The molecule has 2 aliphatic heterocycles. The molecule has 1 aromatic rings. The number of anilines is 1. The molecule has 6 nitrogen and oxygen atoms in total. The molecule has 0 radical (unpaired) electrons. The van der Waals surface area contributed by atoms with Gasteiger partial charge in [0.05, 0.1) is 12.6 Å². The minimum Gasteiger partial charge on any atom is -0.345 e. The van der Waals surface area contributed by atoms with Crippen LogP contribution in [0.15, 0.2) is 0 Å². The smallest absolute Gasteiger partial charge is 0.262 e. The monoisotopic (exact) mass is 417 g/mol. The molecule has 1 atom stereocenters. The summed E-state index contributed by atoms with van der Waals surface area (Å²) in [4.78, 5) is 20.7. The van der Waals surface area contributed by atoms with Crippen LogP contribution in [0.3, 0.4) is 0 Å². The highest BCUT2D eigenvalue weighted by molar-refractivity contribution is 7.09. The Morgan fingerprint density at radius 2 is 2.08 bits per heavy atom. The number of amides is 1. The largest absolute Gasteiger partial charge is 0.345 e. The number of carbonyl (C=O) groups excluding carboxylic acids is 1. The number of alkyl halides is 2. The lowest BCUT2D eigenvalue weighted by atomic mass is 10.1. The number of nitrogens with one attached hydrogen (secondary N) is 1. The van der Waals surface area contributed by atoms with Crippen molar-refractivity contribution in [1.29, 1.82) is 0 Å². The number of hydrogen-bond acceptors (Lipinski definition) is 6. The fourth-order valence-corrected chi connectivity index (χ4v) is 3.76. The summed E-state index contributed by atoms with van der Waals surface area (Å²) in [7, 11) is 0. The Balaban J connectivity index is 0.00000156. The van der Waals surface area contributed by atoms with Crippen molar-refractivity contribution >= 4 is 47.4 Å². The first-order valence-corrected chi connectivity index (χ1v) is 8.73. The molecule has 3 rings (SSSR count). The third-order valence-electron chi connectivity index (χ3n) is 4.26. The van der Waals surface area contributed by atoms with E-state index in [2.05, 4.69) is 19.6 Å². The van der Waals surface area contributed by atoms with E-state index in [9.17, 15) is 13.6 Å². The first-order valence-electron chi connectivity index (χ1n) is 7.96. The van der Waals surface area contributed by atoms with Crippen LogP contribution in [0.4, 0.5) is 13.9 Å². The molecule has 0 spiro atoms. The predicted octanol–water partition coefficient (Wildman–Crippen LogP) is 1.98. The number of aryl methyl sites for hydroxylation is 1.